The van der Waals surface area contributed by atoms with Gasteiger partial charge in [-0.05, 0) is 32.1 Å². The minimum Gasteiger partial charge on any atom is -0.362 e. The van der Waals surface area contributed by atoms with Crippen LogP contribution < -0.4 is 5.32 Å². The second kappa shape index (κ2) is 5.24. The van der Waals surface area contributed by atoms with E-state index in [-0.39, 0.29) is 0 Å². The van der Waals surface area contributed by atoms with E-state index in [9.17, 15) is 0 Å². The van der Waals surface area contributed by atoms with Crippen molar-refractivity contribution in [3.05, 3.63) is 0 Å². The molecule has 2 atom stereocenters. The Morgan fingerprint density at radius 2 is 2.07 bits per heavy atom. The zero-order valence-electron chi connectivity index (χ0n) is 9.83. The van der Waals surface area contributed by atoms with Crippen LogP contribution in [0.25, 0.3) is 0 Å². The molecule has 2 fully saturated rings. The van der Waals surface area contributed by atoms with Crippen LogP contribution in [0, 0.1) is 5.92 Å². The number of rotatable bonds is 2. The van der Waals surface area contributed by atoms with Gasteiger partial charge in [-0.2, -0.15) is 0 Å². The molecule has 1 aliphatic carbocycles. The Kier molecular flexibility index (Phi) is 3.95. The summed E-state index contributed by atoms with van der Waals surface area (Å²) in [4.78, 5) is 4.73. The van der Waals surface area contributed by atoms with Crippen LogP contribution in [0.5, 0.6) is 0 Å². The molecule has 3 heteroatoms. The van der Waals surface area contributed by atoms with E-state index in [0.717, 1.165) is 17.7 Å². The normalized spacial score (nSPS) is 35.7. The monoisotopic (exact) mass is 226 g/mol. The quantitative estimate of drug-likeness (QED) is 0.782. The van der Waals surface area contributed by atoms with Crippen LogP contribution in [0.4, 0.5) is 0 Å². The second-order valence-corrected chi connectivity index (χ2v) is 6.43. The number of nitrogens with one attached hydrogen (secondary N) is 1. The zero-order valence-corrected chi connectivity index (χ0v) is 10.6. The van der Waals surface area contributed by atoms with Crippen molar-refractivity contribution in [2.24, 2.45) is 10.9 Å². The molecule has 2 aliphatic rings. The van der Waals surface area contributed by atoms with Crippen molar-refractivity contribution in [2.45, 2.75) is 57.2 Å². The predicted octanol–water partition coefficient (Wildman–Crippen LogP) is 3.04. The first-order chi connectivity index (χ1) is 7.24. The van der Waals surface area contributed by atoms with E-state index in [2.05, 4.69) is 19.2 Å². The minimum atomic E-state index is 0.601. The maximum Gasteiger partial charge on any atom is 0.157 e. The van der Waals surface area contributed by atoms with Gasteiger partial charge in [0.05, 0.1) is 0 Å². The predicted molar refractivity (Wildman–Crippen MR) is 68.5 cm³/mol. The van der Waals surface area contributed by atoms with Gasteiger partial charge >= 0.3 is 0 Å². The Bertz CT molecular complexity index is 222. The van der Waals surface area contributed by atoms with Crippen molar-refractivity contribution in [3.63, 3.8) is 0 Å². The summed E-state index contributed by atoms with van der Waals surface area (Å²) in [6.45, 7) is 5.60. The molecule has 1 saturated heterocycles. The Hall–Kier alpha value is -0.180. The van der Waals surface area contributed by atoms with Crippen molar-refractivity contribution in [3.8, 4) is 0 Å². The third-order valence-corrected chi connectivity index (χ3v) is 4.40. The average molecular weight is 226 g/mol. The van der Waals surface area contributed by atoms with Crippen LogP contribution in [0.3, 0.4) is 0 Å². The summed E-state index contributed by atoms with van der Waals surface area (Å²) >= 11 is 1.91. The first kappa shape index (κ1) is 11.3. The summed E-state index contributed by atoms with van der Waals surface area (Å²) < 4.78 is 0. The fourth-order valence-corrected chi connectivity index (χ4v) is 3.71. The number of aliphatic imine (C=N–C) groups is 1. The van der Waals surface area contributed by atoms with Gasteiger partial charge in [-0.3, -0.25) is 4.99 Å². The molecule has 86 valence electrons. The Morgan fingerprint density at radius 3 is 2.73 bits per heavy atom. The lowest BCUT2D eigenvalue weighted by atomic mass is 10.1. The summed E-state index contributed by atoms with van der Waals surface area (Å²) in [5, 5.41) is 5.40. The highest BCUT2D eigenvalue weighted by atomic mass is 32.2. The molecule has 0 aromatic carbocycles. The number of hydrogen-bond donors (Lipinski definition) is 1. The lowest BCUT2D eigenvalue weighted by Crippen LogP contribution is -2.38. The third kappa shape index (κ3) is 3.40. The van der Waals surface area contributed by atoms with E-state index >= 15 is 0 Å². The topological polar surface area (TPSA) is 24.4 Å². The Labute approximate surface area is 97.3 Å². The highest BCUT2D eigenvalue weighted by molar-refractivity contribution is 8.14. The molecular formula is C12H22N2S. The van der Waals surface area contributed by atoms with Gasteiger partial charge in [0, 0.05) is 17.8 Å². The summed E-state index contributed by atoms with van der Waals surface area (Å²) in [6, 6.07) is 0.601. The SMILES string of the molecule is CC1CC(C)SC(=NCC2CCCC2)N1. The lowest BCUT2D eigenvalue weighted by Gasteiger charge is -2.27. The van der Waals surface area contributed by atoms with E-state index in [1.165, 1.54) is 37.3 Å². The Morgan fingerprint density at radius 1 is 1.33 bits per heavy atom. The van der Waals surface area contributed by atoms with Crippen LogP contribution in [-0.2, 0) is 0 Å². The maximum atomic E-state index is 4.73. The van der Waals surface area contributed by atoms with Crippen LogP contribution in [-0.4, -0.2) is 23.0 Å². The second-order valence-electron chi connectivity index (χ2n) is 5.01. The smallest absolute Gasteiger partial charge is 0.157 e. The number of thioether (sulfide) groups is 1. The third-order valence-electron chi connectivity index (χ3n) is 3.34. The van der Waals surface area contributed by atoms with Gasteiger partial charge in [0.2, 0.25) is 0 Å². The maximum absolute atomic E-state index is 4.73. The van der Waals surface area contributed by atoms with Crippen molar-refractivity contribution >= 4 is 16.9 Å². The molecule has 1 aliphatic heterocycles. The molecule has 2 unspecified atom stereocenters. The molecule has 1 saturated carbocycles. The van der Waals surface area contributed by atoms with E-state index in [1.807, 2.05) is 11.8 Å². The largest absolute Gasteiger partial charge is 0.362 e. The number of amidine groups is 1. The van der Waals surface area contributed by atoms with Gasteiger partial charge < -0.3 is 5.32 Å². The molecule has 0 aromatic rings. The van der Waals surface area contributed by atoms with Crippen molar-refractivity contribution in [2.75, 3.05) is 6.54 Å². The molecule has 0 aromatic heterocycles. The number of nitrogens with zero attached hydrogens (tertiary/aromatic N) is 1. The molecule has 2 rings (SSSR count). The fraction of sp³-hybridized carbons (Fsp3) is 0.917. The van der Waals surface area contributed by atoms with Gasteiger partial charge in [-0.15, -0.1) is 0 Å². The van der Waals surface area contributed by atoms with Crippen molar-refractivity contribution in [1.29, 1.82) is 0 Å². The molecule has 0 radical (unpaired) electrons. The average Bonchev–Trinajstić information content (AvgIpc) is 2.65. The first-order valence-electron chi connectivity index (χ1n) is 6.21. The lowest BCUT2D eigenvalue weighted by molar-refractivity contribution is 0.556. The molecule has 2 nitrogen and oxygen atoms in total. The standard InChI is InChI=1S/C12H22N2S/c1-9-7-10(2)15-12(14-9)13-8-11-5-3-4-6-11/h9-11H,3-8H2,1-2H3,(H,13,14). The molecule has 0 spiro atoms. The van der Waals surface area contributed by atoms with Gasteiger partial charge in [0.25, 0.3) is 0 Å². The van der Waals surface area contributed by atoms with Gasteiger partial charge in [-0.25, -0.2) is 0 Å². The summed E-state index contributed by atoms with van der Waals surface area (Å²) in [5.74, 6) is 0.868. The van der Waals surface area contributed by atoms with Crippen LogP contribution >= 0.6 is 11.8 Å². The van der Waals surface area contributed by atoms with E-state index in [0.29, 0.717) is 6.04 Å². The summed E-state index contributed by atoms with van der Waals surface area (Å²) in [7, 11) is 0. The van der Waals surface area contributed by atoms with E-state index in [1.54, 1.807) is 0 Å². The zero-order chi connectivity index (χ0) is 10.7. The van der Waals surface area contributed by atoms with Crippen molar-refractivity contribution < 1.29 is 0 Å². The number of hydrogen-bond acceptors (Lipinski definition) is 2. The molecule has 1 heterocycles. The highest BCUT2D eigenvalue weighted by Gasteiger charge is 2.20. The molecule has 1 N–H and O–H groups in total. The van der Waals surface area contributed by atoms with Gasteiger partial charge in [-0.1, -0.05) is 31.5 Å². The summed E-state index contributed by atoms with van der Waals surface area (Å²) in [6.07, 6.45) is 6.89. The molecule has 0 bridgehead atoms. The van der Waals surface area contributed by atoms with Crippen LogP contribution in [0.15, 0.2) is 4.99 Å². The van der Waals surface area contributed by atoms with Crippen molar-refractivity contribution in [1.82, 2.24) is 5.32 Å². The van der Waals surface area contributed by atoms with Gasteiger partial charge in [0.1, 0.15) is 0 Å². The summed E-state index contributed by atoms with van der Waals surface area (Å²) in [5.41, 5.74) is 0. The first-order valence-corrected chi connectivity index (χ1v) is 7.09. The minimum absolute atomic E-state index is 0.601. The highest BCUT2D eigenvalue weighted by Crippen LogP contribution is 2.26. The Balaban J connectivity index is 1.82. The van der Waals surface area contributed by atoms with E-state index < -0.39 is 0 Å². The van der Waals surface area contributed by atoms with Crippen LogP contribution in [0.2, 0.25) is 0 Å². The van der Waals surface area contributed by atoms with Crippen LogP contribution in [0.1, 0.15) is 46.0 Å². The molecule has 15 heavy (non-hydrogen) atoms. The molecular weight excluding hydrogens is 204 g/mol. The van der Waals surface area contributed by atoms with E-state index in [4.69, 9.17) is 4.99 Å². The molecule has 0 amide bonds. The van der Waals surface area contributed by atoms with Gasteiger partial charge in [0.15, 0.2) is 5.17 Å². The fourth-order valence-electron chi connectivity index (χ4n) is 2.53.